The van der Waals surface area contributed by atoms with E-state index in [2.05, 4.69) is 30.5 Å². The van der Waals surface area contributed by atoms with Gasteiger partial charge in [0.05, 0.1) is 45.6 Å². The SMILES string of the molecule is COc1ccc(C(=O)Nc2ccc(CN3C(=O)[C@]4(O[C@H](CCO)[C@@H]([Si](C)(C)c5ccc(OC)cc5)[C@@H]4C)c4cc([N+](=O)[O-])ccc43)cc2)cc1. The maximum Gasteiger partial charge on any atom is 0.269 e. The Hall–Kier alpha value is -5.04. The minimum Gasteiger partial charge on any atom is -0.497 e. The van der Waals surface area contributed by atoms with Crippen LogP contribution in [-0.2, 0) is 21.7 Å². The number of benzene rings is 4. The number of carbonyl (C=O) groups excluding carboxylic acids is 2. The molecule has 2 heterocycles. The second-order valence-electron chi connectivity index (χ2n) is 13.4. The number of hydrogen-bond donors (Lipinski definition) is 2. The van der Waals surface area contributed by atoms with Crippen LogP contribution < -0.4 is 24.9 Å². The lowest BCUT2D eigenvalue weighted by Gasteiger charge is -2.37. The third kappa shape index (κ3) is 6.03. The lowest BCUT2D eigenvalue weighted by Crippen LogP contribution is -2.51. The minimum absolute atomic E-state index is 0.104. The summed E-state index contributed by atoms with van der Waals surface area (Å²) in [5.41, 5.74) is 1.18. The second-order valence-corrected chi connectivity index (χ2v) is 18.1. The molecule has 2 N–H and O–H groups in total. The van der Waals surface area contributed by atoms with Crippen LogP contribution in [-0.4, -0.2) is 56.8 Å². The van der Waals surface area contributed by atoms with E-state index in [9.17, 15) is 24.8 Å². The molecule has 11 nitrogen and oxygen atoms in total. The van der Waals surface area contributed by atoms with Gasteiger partial charge in [-0.25, -0.2) is 0 Å². The molecule has 2 aliphatic heterocycles. The first-order chi connectivity index (χ1) is 23.9. The Morgan fingerprint density at radius 1 is 0.980 bits per heavy atom. The number of nitrogens with zero attached hydrogens (tertiary/aromatic N) is 2. The van der Waals surface area contributed by atoms with Crippen molar-refractivity contribution in [2.45, 2.75) is 50.2 Å². The number of anilines is 2. The fraction of sp³-hybridized carbons (Fsp3) is 0.316. The highest BCUT2D eigenvalue weighted by Crippen LogP contribution is 2.60. The highest BCUT2D eigenvalue weighted by Gasteiger charge is 2.66. The van der Waals surface area contributed by atoms with Crippen LogP contribution in [0.2, 0.25) is 18.6 Å². The van der Waals surface area contributed by atoms with Crippen molar-refractivity contribution in [3.05, 3.63) is 118 Å². The number of hydrogen-bond acceptors (Lipinski definition) is 8. The maximum atomic E-state index is 14.8. The summed E-state index contributed by atoms with van der Waals surface area (Å²) in [4.78, 5) is 40.8. The van der Waals surface area contributed by atoms with E-state index in [4.69, 9.17) is 14.2 Å². The van der Waals surface area contributed by atoms with E-state index in [0.717, 1.165) is 16.5 Å². The van der Waals surface area contributed by atoms with E-state index in [1.54, 1.807) is 61.6 Å². The van der Waals surface area contributed by atoms with Crippen LogP contribution >= 0.6 is 0 Å². The van der Waals surface area contributed by atoms with Crippen LogP contribution in [0.25, 0.3) is 0 Å². The van der Waals surface area contributed by atoms with Gasteiger partial charge >= 0.3 is 0 Å². The van der Waals surface area contributed by atoms with Gasteiger partial charge in [-0.05, 0) is 72.1 Å². The fourth-order valence-electron chi connectivity index (χ4n) is 7.79. The molecule has 2 amide bonds. The number of nitro benzene ring substituents is 1. The summed E-state index contributed by atoms with van der Waals surface area (Å²) < 4.78 is 17.4. The summed E-state index contributed by atoms with van der Waals surface area (Å²) in [6.45, 7) is 6.54. The number of nitro groups is 1. The van der Waals surface area contributed by atoms with Crippen molar-refractivity contribution in [1.29, 1.82) is 0 Å². The van der Waals surface area contributed by atoms with Gasteiger partial charge in [-0.2, -0.15) is 0 Å². The summed E-state index contributed by atoms with van der Waals surface area (Å²) in [5.74, 6) is 0.473. The molecule has 0 saturated carbocycles. The van der Waals surface area contributed by atoms with Crippen molar-refractivity contribution < 1.29 is 33.8 Å². The number of amides is 2. The third-order valence-corrected chi connectivity index (χ3v) is 14.7. The highest BCUT2D eigenvalue weighted by molar-refractivity contribution is 6.91. The third-order valence-electron chi connectivity index (χ3n) is 10.3. The summed E-state index contributed by atoms with van der Waals surface area (Å²) >= 11 is 0. The van der Waals surface area contributed by atoms with E-state index < -0.39 is 24.7 Å². The van der Waals surface area contributed by atoms with Crippen LogP contribution in [0.15, 0.2) is 91.0 Å². The number of ether oxygens (including phenoxy) is 3. The molecule has 6 rings (SSSR count). The summed E-state index contributed by atoms with van der Waals surface area (Å²) in [5, 5.41) is 26.2. The van der Waals surface area contributed by atoms with Crippen LogP contribution in [0.5, 0.6) is 11.5 Å². The summed E-state index contributed by atoms with van der Waals surface area (Å²) in [6.07, 6.45) is -0.131. The maximum absolute atomic E-state index is 14.8. The van der Waals surface area contributed by atoms with E-state index in [-0.39, 0.29) is 42.1 Å². The summed E-state index contributed by atoms with van der Waals surface area (Å²) in [7, 11) is 0.776. The van der Waals surface area contributed by atoms with E-state index >= 15 is 0 Å². The van der Waals surface area contributed by atoms with Gasteiger partial charge in [0, 0.05) is 41.5 Å². The molecular weight excluding hydrogens is 655 g/mol. The Labute approximate surface area is 292 Å². The minimum atomic E-state index is -2.41. The first-order valence-corrected chi connectivity index (χ1v) is 19.6. The Balaban J connectivity index is 1.32. The van der Waals surface area contributed by atoms with Gasteiger partial charge in [-0.1, -0.05) is 49.5 Å². The first-order valence-electron chi connectivity index (χ1n) is 16.5. The van der Waals surface area contributed by atoms with E-state index in [0.29, 0.717) is 34.7 Å². The Kier molecular flexibility index (Phi) is 9.53. The van der Waals surface area contributed by atoms with Crippen molar-refractivity contribution in [1.82, 2.24) is 0 Å². The largest absolute Gasteiger partial charge is 0.497 e. The smallest absolute Gasteiger partial charge is 0.269 e. The Morgan fingerprint density at radius 3 is 2.18 bits per heavy atom. The molecule has 2 aliphatic rings. The molecule has 0 radical (unpaired) electrons. The van der Waals surface area contributed by atoms with Crippen LogP contribution in [0, 0.1) is 16.0 Å². The van der Waals surface area contributed by atoms with Crippen LogP contribution in [0.1, 0.15) is 34.8 Å². The molecule has 4 aromatic carbocycles. The average molecular weight is 696 g/mol. The predicted molar refractivity (Wildman–Crippen MR) is 193 cm³/mol. The lowest BCUT2D eigenvalue weighted by molar-refractivity contribution is -0.385. The second kappa shape index (κ2) is 13.7. The number of non-ortho nitro benzene ring substituents is 1. The molecule has 0 aromatic heterocycles. The number of methoxy groups -OCH3 is 2. The van der Waals surface area contributed by atoms with Gasteiger partial charge < -0.3 is 29.5 Å². The molecule has 260 valence electrons. The molecule has 12 heteroatoms. The molecule has 1 spiro atoms. The number of aliphatic hydroxyl groups is 1. The van der Waals surface area contributed by atoms with Gasteiger partial charge in [-0.15, -0.1) is 0 Å². The quantitative estimate of drug-likeness (QED) is 0.111. The molecule has 4 aromatic rings. The number of aliphatic hydroxyl groups excluding tert-OH is 1. The zero-order chi connectivity index (χ0) is 35.8. The fourth-order valence-corrected chi connectivity index (χ4v) is 11.9. The van der Waals surface area contributed by atoms with Gasteiger partial charge in [-0.3, -0.25) is 19.7 Å². The van der Waals surface area contributed by atoms with Crippen molar-refractivity contribution in [3.8, 4) is 11.5 Å². The van der Waals surface area contributed by atoms with E-state index in [1.165, 1.54) is 12.1 Å². The van der Waals surface area contributed by atoms with Gasteiger partial charge in [0.15, 0.2) is 5.60 Å². The predicted octanol–water partition coefficient (Wildman–Crippen LogP) is 6.01. The van der Waals surface area contributed by atoms with Crippen molar-refractivity contribution in [2.24, 2.45) is 5.92 Å². The standard InChI is InChI=1S/C38H41N3O8Si/c1-24-35(50(4,5)31-17-15-30(48-3)16-18-31)34(20-21-42)49-38(24)32-22-28(41(45)46)12-19-33(32)40(37(38)44)23-25-6-10-27(11-7-25)39-36(43)26-8-13-29(47-2)14-9-26/h6-19,22,24,34-35,42H,20-21,23H2,1-5H3,(H,39,43)/t24-,34+,35-,38+/m0/s1. The normalized spacial score (nSPS) is 21.3. The molecule has 4 atom stereocenters. The molecule has 50 heavy (non-hydrogen) atoms. The van der Waals surface area contributed by atoms with Crippen LogP contribution in [0.3, 0.4) is 0 Å². The molecule has 1 saturated heterocycles. The van der Waals surface area contributed by atoms with Crippen LogP contribution in [0.4, 0.5) is 17.1 Å². The van der Waals surface area contributed by atoms with Gasteiger partial charge in [0.1, 0.15) is 11.5 Å². The van der Waals surface area contributed by atoms with Crippen molar-refractivity contribution in [2.75, 3.05) is 31.0 Å². The van der Waals surface area contributed by atoms with Gasteiger partial charge in [0.2, 0.25) is 0 Å². The summed E-state index contributed by atoms with van der Waals surface area (Å²) in [6, 6.07) is 26.5. The Morgan fingerprint density at radius 2 is 1.60 bits per heavy atom. The molecule has 0 aliphatic carbocycles. The zero-order valence-corrected chi connectivity index (χ0v) is 29.7. The number of fused-ring (bicyclic) bond motifs is 2. The topological polar surface area (TPSA) is 140 Å². The highest BCUT2D eigenvalue weighted by atomic mass is 28.3. The molecule has 1 fully saturated rings. The number of nitrogens with one attached hydrogen (secondary N) is 1. The van der Waals surface area contributed by atoms with Crippen molar-refractivity contribution >= 4 is 42.1 Å². The van der Waals surface area contributed by atoms with Gasteiger partial charge in [0.25, 0.3) is 17.5 Å². The van der Waals surface area contributed by atoms with Crippen molar-refractivity contribution in [3.63, 3.8) is 0 Å². The Bertz CT molecular complexity index is 1900. The monoisotopic (exact) mass is 695 g/mol. The zero-order valence-electron chi connectivity index (χ0n) is 28.7. The number of carbonyl (C=O) groups is 2. The molecule has 0 unspecified atom stereocenters. The average Bonchev–Trinajstić information content (AvgIpc) is 3.55. The van der Waals surface area contributed by atoms with E-state index in [1.807, 2.05) is 31.2 Å². The number of rotatable bonds is 11. The first kappa shape index (κ1) is 34.8. The lowest BCUT2D eigenvalue weighted by atomic mass is 9.82. The molecule has 0 bridgehead atoms. The molecular formula is C38H41N3O8Si.